The molecule has 5 heteroatoms. The third kappa shape index (κ3) is 3.06. The van der Waals surface area contributed by atoms with Gasteiger partial charge in [0.1, 0.15) is 0 Å². The molecule has 1 aliphatic carbocycles. The van der Waals surface area contributed by atoms with E-state index in [0.717, 1.165) is 37.1 Å². The molecule has 1 saturated carbocycles. The summed E-state index contributed by atoms with van der Waals surface area (Å²) in [4.78, 5) is 12.5. The van der Waals surface area contributed by atoms with Crippen LogP contribution in [0.4, 0.5) is 0 Å². The SMILES string of the molecule is CCc1nnc(C)cc1C(=O)NC1(CCl)CCCC1. The normalized spacial score (nSPS) is 17.4. The highest BCUT2D eigenvalue weighted by atomic mass is 35.5. The summed E-state index contributed by atoms with van der Waals surface area (Å²) in [6.07, 6.45) is 4.87. The van der Waals surface area contributed by atoms with Gasteiger partial charge in [0.05, 0.1) is 22.5 Å². The van der Waals surface area contributed by atoms with Crippen LogP contribution in [0.3, 0.4) is 0 Å². The third-order valence-corrected chi connectivity index (χ3v) is 4.28. The van der Waals surface area contributed by atoms with Crippen LogP contribution in [-0.4, -0.2) is 27.5 Å². The Hall–Kier alpha value is -1.16. The van der Waals surface area contributed by atoms with E-state index in [0.29, 0.717) is 17.9 Å². The van der Waals surface area contributed by atoms with Crippen molar-refractivity contribution in [3.8, 4) is 0 Å². The Morgan fingerprint density at radius 3 is 2.68 bits per heavy atom. The summed E-state index contributed by atoms with van der Waals surface area (Å²) in [5.74, 6) is 0.398. The zero-order chi connectivity index (χ0) is 13.9. The lowest BCUT2D eigenvalue weighted by Crippen LogP contribution is -2.48. The first-order valence-electron chi connectivity index (χ1n) is 6.82. The smallest absolute Gasteiger partial charge is 0.253 e. The molecule has 0 spiro atoms. The summed E-state index contributed by atoms with van der Waals surface area (Å²) in [7, 11) is 0. The van der Waals surface area contributed by atoms with Gasteiger partial charge in [-0.15, -0.1) is 11.6 Å². The fraction of sp³-hybridized carbons (Fsp3) is 0.643. The van der Waals surface area contributed by atoms with Gasteiger partial charge in [-0.3, -0.25) is 4.79 Å². The van der Waals surface area contributed by atoms with E-state index in [2.05, 4.69) is 15.5 Å². The first-order valence-corrected chi connectivity index (χ1v) is 7.35. The Balaban J connectivity index is 2.22. The molecule has 104 valence electrons. The lowest BCUT2D eigenvalue weighted by molar-refractivity contribution is 0.0907. The maximum Gasteiger partial charge on any atom is 0.253 e. The molecule has 0 aromatic carbocycles. The summed E-state index contributed by atoms with van der Waals surface area (Å²) < 4.78 is 0. The molecule has 0 unspecified atom stereocenters. The van der Waals surface area contributed by atoms with Crippen LogP contribution in [0.5, 0.6) is 0 Å². The fourth-order valence-corrected chi connectivity index (χ4v) is 2.96. The van der Waals surface area contributed by atoms with Crippen molar-refractivity contribution in [3.63, 3.8) is 0 Å². The van der Waals surface area contributed by atoms with Crippen molar-refractivity contribution >= 4 is 17.5 Å². The number of alkyl halides is 1. The van der Waals surface area contributed by atoms with Gasteiger partial charge in [0.2, 0.25) is 0 Å². The standard InChI is InChI=1S/C14H20ClN3O/c1-3-12-11(8-10(2)17-18-12)13(19)16-14(9-15)6-4-5-7-14/h8H,3-7,9H2,1-2H3,(H,16,19). The predicted octanol–water partition coefficient (Wildman–Crippen LogP) is 2.63. The lowest BCUT2D eigenvalue weighted by atomic mass is 9.99. The molecule has 0 aliphatic heterocycles. The van der Waals surface area contributed by atoms with Crippen molar-refractivity contribution in [2.75, 3.05) is 5.88 Å². The molecule has 0 radical (unpaired) electrons. The van der Waals surface area contributed by atoms with E-state index in [1.165, 1.54) is 0 Å². The van der Waals surface area contributed by atoms with Crippen LogP contribution in [0.25, 0.3) is 0 Å². The van der Waals surface area contributed by atoms with Crippen molar-refractivity contribution in [3.05, 3.63) is 23.0 Å². The second-order valence-corrected chi connectivity index (χ2v) is 5.54. The number of rotatable bonds is 4. The van der Waals surface area contributed by atoms with Gasteiger partial charge in [-0.2, -0.15) is 10.2 Å². The molecule has 0 bridgehead atoms. The van der Waals surface area contributed by atoms with Crippen molar-refractivity contribution in [2.24, 2.45) is 0 Å². The number of nitrogens with zero attached hydrogens (tertiary/aromatic N) is 2. The van der Waals surface area contributed by atoms with Crippen LogP contribution < -0.4 is 5.32 Å². The number of hydrogen-bond donors (Lipinski definition) is 1. The number of hydrogen-bond acceptors (Lipinski definition) is 3. The maximum absolute atomic E-state index is 12.5. The highest BCUT2D eigenvalue weighted by Crippen LogP contribution is 2.31. The van der Waals surface area contributed by atoms with Gasteiger partial charge in [-0.1, -0.05) is 19.8 Å². The Kier molecular flexibility index (Phi) is 4.40. The number of carbonyl (C=O) groups excluding carboxylic acids is 1. The molecule has 1 heterocycles. The Bertz CT molecular complexity index is 470. The van der Waals surface area contributed by atoms with Gasteiger partial charge in [-0.05, 0) is 32.3 Å². The largest absolute Gasteiger partial charge is 0.345 e. The lowest BCUT2D eigenvalue weighted by Gasteiger charge is -2.28. The highest BCUT2D eigenvalue weighted by molar-refractivity contribution is 6.19. The van der Waals surface area contributed by atoms with Crippen LogP contribution in [0, 0.1) is 6.92 Å². The minimum absolute atomic E-state index is 0.0719. The molecule has 1 amide bonds. The Morgan fingerprint density at radius 1 is 1.42 bits per heavy atom. The first kappa shape index (κ1) is 14.3. The molecule has 2 rings (SSSR count). The van der Waals surface area contributed by atoms with Crippen molar-refractivity contribution in [1.29, 1.82) is 0 Å². The molecule has 4 nitrogen and oxygen atoms in total. The monoisotopic (exact) mass is 281 g/mol. The summed E-state index contributed by atoms with van der Waals surface area (Å²) >= 11 is 6.06. The quantitative estimate of drug-likeness (QED) is 0.863. The Morgan fingerprint density at radius 2 is 2.11 bits per heavy atom. The van der Waals surface area contributed by atoms with E-state index in [1.54, 1.807) is 6.07 Å². The number of nitrogens with one attached hydrogen (secondary N) is 1. The predicted molar refractivity (Wildman–Crippen MR) is 75.5 cm³/mol. The molecular weight excluding hydrogens is 262 g/mol. The molecule has 1 aliphatic rings. The molecule has 0 saturated heterocycles. The van der Waals surface area contributed by atoms with E-state index in [1.807, 2.05) is 13.8 Å². The average molecular weight is 282 g/mol. The van der Waals surface area contributed by atoms with Crippen molar-refractivity contribution in [1.82, 2.24) is 15.5 Å². The van der Waals surface area contributed by atoms with Crippen LogP contribution in [0.15, 0.2) is 6.07 Å². The van der Waals surface area contributed by atoms with Crippen LogP contribution in [0.1, 0.15) is 54.4 Å². The number of amides is 1. The molecule has 0 atom stereocenters. The minimum atomic E-state index is -0.235. The van der Waals surface area contributed by atoms with Gasteiger partial charge in [0.15, 0.2) is 0 Å². The third-order valence-electron chi connectivity index (χ3n) is 3.77. The van der Waals surface area contributed by atoms with Gasteiger partial charge in [0.25, 0.3) is 5.91 Å². The number of aromatic nitrogens is 2. The first-order chi connectivity index (χ1) is 9.10. The second kappa shape index (κ2) is 5.87. The van der Waals surface area contributed by atoms with Crippen molar-refractivity contribution < 1.29 is 4.79 Å². The van der Waals surface area contributed by atoms with E-state index >= 15 is 0 Å². The van der Waals surface area contributed by atoms with Crippen molar-refractivity contribution in [2.45, 2.75) is 51.5 Å². The van der Waals surface area contributed by atoms with Crippen LogP contribution in [0.2, 0.25) is 0 Å². The van der Waals surface area contributed by atoms with Gasteiger partial charge >= 0.3 is 0 Å². The minimum Gasteiger partial charge on any atom is -0.345 e. The van der Waals surface area contributed by atoms with E-state index < -0.39 is 0 Å². The molecular formula is C14H20ClN3O. The average Bonchev–Trinajstić information content (AvgIpc) is 2.87. The van der Waals surface area contributed by atoms with Gasteiger partial charge in [0, 0.05) is 5.88 Å². The molecule has 1 fully saturated rings. The molecule has 19 heavy (non-hydrogen) atoms. The zero-order valence-corrected chi connectivity index (χ0v) is 12.3. The maximum atomic E-state index is 12.5. The molecule has 1 aromatic rings. The summed E-state index contributed by atoms with van der Waals surface area (Å²) in [5, 5.41) is 11.2. The highest BCUT2D eigenvalue weighted by Gasteiger charge is 2.35. The molecule has 1 aromatic heterocycles. The zero-order valence-electron chi connectivity index (χ0n) is 11.5. The van der Waals surface area contributed by atoms with E-state index in [-0.39, 0.29) is 11.4 Å². The molecule has 1 N–H and O–H groups in total. The van der Waals surface area contributed by atoms with Crippen LogP contribution >= 0.6 is 11.6 Å². The number of halogens is 1. The van der Waals surface area contributed by atoms with E-state index in [9.17, 15) is 4.79 Å². The second-order valence-electron chi connectivity index (χ2n) is 5.27. The number of aryl methyl sites for hydroxylation is 2. The topological polar surface area (TPSA) is 54.9 Å². The van der Waals surface area contributed by atoms with E-state index in [4.69, 9.17) is 11.6 Å². The summed E-state index contributed by atoms with van der Waals surface area (Å²) in [6.45, 7) is 3.82. The van der Waals surface area contributed by atoms with Crippen LogP contribution in [-0.2, 0) is 6.42 Å². The Labute approximate surface area is 118 Å². The summed E-state index contributed by atoms with van der Waals surface area (Å²) in [5.41, 5.74) is 1.90. The fourth-order valence-electron chi connectivity index (χ4n) is 2.62. The van der Waals surface area contributed by atoms with Gasteiger partial charge < -0.3 is 5.32 Å². The van der Waals surface area contributed by atoms with Gasteiger partial charge in [-0.25, -0.2) is 0 Å². The summed E-state index contributed by atoms with van der Waals surface area (Å²) in [6, 6.07) is 1.80. The number of carbonyl (C=O) groups is 1.